The van der Waals surface area contributed by atoms with E-state index in [0.29, 0.717) is 0 Å². The fourth-order valence-corrected chi connectivity index (χ4v) is 0.668. The van der Waals surface area contributed by atoms with E-state index in [9.17, 15) is 0 Å². The Hall–Kier alpha value is -0.800. The molecule has 0 radical (unpaired) electrons. The molecule has 0 aromatic carbocycles. The Morgan fingerprint density at radius 1 is 1.78 bits per heavy atom. The van der Waals surface area contributed by atoms with Crippen LogP contribution in [0.15, 0.2) is 18.5 Å². The van der Waals surface area contributed by atoms with Crippen LogP contribution >= 0.6 is 0 Å². The van der Waals surface area contributed by atoms with Gasteiger partial charge in [0.25, 0.3) is 0 Å². The summed E-state index contributed by atoms with van der Waals surface area (Å²) in [4.78, 5) is 7.48. The van der Waals surface area contributed by atoms with Crippen LogP contribution < -0.4 is 5.90 Å². The molecule has 0 saturated carbocycles. The quantitative estimate of drug-likeness (QED) is 0.580. The zero-order chi connectivity index (χ0) is 6.69. The molecule has 0 bridgehead atoms. The van der Waals surface area contributed by atoms with E-state index in [0.717, 1.165) is 5.56 Å². The Kier molecular flexibility index (Phi) is 1.87. The number of nitrogens with one attached hydrogen (secondary N) is 1. The monoisotopic (exact) mass is 126 g/mol. The SMILES string of the molecule is CC(ON)c1cc[nH]c1. The number of H-pyrrole nitrogens is 1. The van der Waals surface area contributed by atoms with Gasteiger partial charge in [-0.15, -0.1) is 0 Å². The molecular weight excluding hydrogens is 116 g/mol. The van der Waals surface area contributed by atoms with E-state index in [1.54, 1.807) is 0 Å². The molecular formula is C6H10N2O. The van der Waals surface area contributed by atoms with Crippen LogP contribution in [-0.2, 0) is 4.84 Å². The maximum atomic E-state index is 4.95. The third kappa shape index (κ3) is 1.31. The van der Waals surface area contributed by atoms with Crippen molar-refractivity contribution >= 4 is 0 Å². The minimum atomic E-state index is -0.0174. The van der Waals surface area contributed by atoms with Crippen molar-refractivity contribution in [3.8, 4) is 0 Å². The van der Waals surface area contributed by atoms with Crippen molar-refractivity contribution in [3.05, 3.63) is 24.0 Å². The maximum absolute atomic E-state index is 4.95. The lowest BCUT2D eigenvalue weighted by molar-refractivity contribution is 0.0665. The lowest BCUT2D eigenvalue weighted by Gasteiger charge is -2.03. The van der Waals surface area contributed by atoms with Gasteiger partial charge in [0.2, 0.25) is 0 Å². The van der Waals surface area contributed by atoms with Crippen molar-refractivity contribution in [1.82, 2.24) is 4.98 Å². The molecule has 1 aromatic rings. The molecule has 1 aromatic heterocycles. The van der Waals surface area contributed by atoms with Crippen molar-refractivity contribution in [2.24, 2.45) is 5.90 Å². The summed E-state index contributed by atoms with van der Waals surface area (Å²) in [6, 6.07) is 1.93. The van der Waals surface area contributed by atoms with E-state index >= 15 is 0 Å². The van der Waals surface area contributed by atoms with Gasteiger partial charge >= 0.3 is 0 Å². The highest BCUT2D eigenvalue weighted by atomic mass is 16.6. The summed E-state index contributed by atoms with van der Waals surface area (Å²) in [6.45, 7) is 1.89. The third-order valence-electron chi connectivity index (χ3n) is 1.30. The molecule has 0 aliphatic heterocycles. The van der Waals surface area contributed by atoms with Crippen LogP contribution in [0.5, 0.6) is 0 Å². The molecule has 3 nitrogen and oxygen atoms in total. The molecule has 0 aliphatic carbocycles. The topological polar surface area (TPSA) is 51.0 Å². The predicted molar refractivity (Wildman–Crippen MR) is 34.5 cm³/mol. The molecule has 0 aliphatic rings. The highest BCUT2D eigenvalue weighted by Crippen LogP contribution is 2.11. The van der Waals surface area contributed by atoms with Crippen LogP contribution in [0.2, 0.25) is 0 Å². The predicted octanol–water partition coefficient (Wildman–Crippen LogP) is 0.966. The van der Waals surface area contributed by atoms with E-state index in [4.69, 9.17) is 5.90 Å². The number of rotatable bonds is 2. The summed E-state index contributed by atoms with van der Waals surface area (Å²) in [5.41, 5.74) is 1.07. The molecule has 0 amide bonds. The maximum Gasteiger partial charge on any atom is 0.102 e. The lowest BCUT2D eigenvalue weighted by Crippen LogP contribution is -2.03. The Labute approximate surface area is 53.8 Å². The van der Waals surface area contributed by atoms with Crippen LogP contribution in [0, 0.1) is 0 Å². The fourth-order valence-electron chi connectivity index (χ4n) is 0.668. The van der Waals surface area contributed by atoms with E-state index in [1.165, 1.54) is 0 Å². The average Bonchev–Trinajstić information content (AvgIpc) is 2.37. The third-order valence-corrected chi connectivity index (χ3v) is 1.30. The van der Waals surface area contributed by atoms with E-state index in [1.807, 2.05) is 25.4 Å². The van der Waals surface area contributed by atoms with Crippen LogP contribution in [-0.4, -0.2) is 4.98 Å². The molecule has 1 atom stereocenters. The average molecular weight is 126 g/mol. The van der Waals surface area contributed by atoms with Gasteiger partial charge in [0, 0.05) is 12.4 Å². The Morgan fingerprint density at radius 2 is 2.56 bits per heavy atom. The van der Waals surface area contributed by atoms with Gasteiger partial charge in [-0.05, 0) is 18.6 Å². The molecule has 1 unspecified atom stereocenters. The minimum absolute atomic E-state index is 0.0174. The van der Waals surface area contributed by atoms with E-state index < -0.39 is 0 Å². The summed E-state index contributed by atoms with van der Waals surface area (Å²) in [5, 5.41) is 0. The van der Waals surface area contributed by atoms with Gasteiger partial charge in [0.05, 0.1) is 0 Å². The van der Waals surface area contributed by atoms with E-state index in [2.05, 4.69) is 9.82 Å². The molecule has 0 spiro atoms. The second-order valence-corrected chi connectivity index (χ2v) is 1.92. The van der Waals surface area contributed by atoms with Crippen molar-refractivity contribution < 1.29 is 4.84 Å². The summed E-state index contributed by atoms with van der Waals surface area (Å²) >= 11 is 0. The summed E-state index contributed by atoms with van der Waals surface area (Å²) in [5.74, 6) is 4.95. The minimum Gasteiger partial charge on any atom is -0.367 e. The van der Waals surface area contributed by atoms with Crippen LogP contribution in [0.4, 0.5) is 0 Å². The number of hydrogen-bond donors (Lipinski definition) is 2. The molecule has 3 N–H and O–H groups in total. The second-order valence-electron chi connectivity index (χ2n) is 1.92. The molecule has 1 heterocycles. The van der Waals surface area contributed by atoms with Crippen LogP contribution in [0.3, 0.4) is 0 Å². The highest BCUT2D eigenvalue weighted by Gasteiger charge is 2.01. The second kappa shape index (κ2) is 2.66. The zero-order valence-electron chi connectivity index (χ0n) is 5.29. The first-order valence-corrected chi connectivity index (χ1v) is 2.83. The van der Waals surface area contributed by atoms with Crippen LogP contribution in [0.25, 0.3) is 0 Å². The van der Waals surface area contributed by atoms with E-state index in [-0.39, 0.29) is 6.10 Å². The number of aromatic amines is 1. The Bertz CT molecular complexity index is 160. The number of hydrogen-bond acceptors (Lipinski definition) is 2. The first-order valence-electron chi connectivity index (χ1n) is 2.83. The lowest BCUT2D eigenvalue weighted by atomic mass is 10.2. The molecule has 9 heavy (non-hydrogen) atoms. The first-order chi connectivity index (χ1) is 4.34. The van der Waals surface area contributed by atoms with Gasteiger partial charge in [0.15, 0.2) is 0 Å². The van der Waals surface area contributed by atoms with Gasteiger partial charge in [0.1, 0.15) is 6.10 Å². The number of aromatic nitrogens is 1. The van der Waals surface area contributed by atoms with Crippen molar-refractivity contribution in [3.63, 3.8) is 0 Å². The van der Waals surface area contributed by atoms with Gasteiger partial charge in [-0.1, -0.05) is 0 Å². The largest absolute Gasteiger partial charge is 0.367 e. The zero-order valence-corrected chi connectivity index (χ0v) is 5.29. The van der Waals surface area contributed by atoms with Gasteiger partial charge in [-0.25, -0.2) is 5.90 Å². The van der Waals surface area contributed by atoms with Gasteiger partial charge < -0.3 is 4.98 Å². The molecule has 0 saturated heterocycles. The van der Waals surface area contributed by atoms with Gasteiger partial charge in [-0.3, -0.25) is 4.84 Å². The molecule has 0 fully saturated rings. The van der Waals surface area contributed by atoms with Crippen molar-refractivity contribution in [1.29, 1.82) is 0 Å². The van der Waals surface area contributed by atoms with Gasteiger partial charge in [-0.2, -0.15) is 0 Å². The first kappa shape index (κ1) is 6.32. The smallest absolute Gasteiger partial charge is 0.102 e. The summed E-state index contributed by atoms with van der Waals surface area (Å²) in [7, 11) is 0. The molecule has 1 rings (SSSR count). The molecule has 3 heteroatoms. The standard InChI is InChI=1S/C6H10N2O/c1-5(9-7)6-2-3-8-4-6/h2-5,8H,7H2,1H3. The Morgan fingerprint density at radius 3 is 3.00 bits per heavy atom. The highest BCUT2D eigenvalue weighted by molar-refractivity contribution is 5.10. The van der Waals surface area contributed by atoms with Crippen molar-refractivity contribution in [2.75, 3.05) is 0 Å². The van der Waals surface area contributed by atoms with Crippen molar-refractivity contribution in [2.45, 2.75) is 13.0 Å². The fraction of sp³-hybridized carbons (Fsp3) is 0.333. The summed E-state index contributed by atoms with van der Waals surface area (Å²) < 4.78 is 0. The Balaban J connectivity index is 2.65. The summed E-state index contributed by atoms with van der Waals surface area (Å²) in [6.07, 6.45) is 3.68. The number of nitrogens with two attached hydrogens (primary N) is 1. The van der Waals surface area contributed by atoms with Crippen LogP contribution in [0.1, 0.15) is 18.6 Å². The normalized spacial score (nSPS) is 13.6. The molecule has 50 valence electrons.